The minimum atomic E-state index is 0.610. The molecule has 0 saturated heterocycles. The van der Waals surface area contributed by atoms with Crippen LogP contribution >= 0.6 is 0 Å². The Labute approximate surface area is 271 Å². The zero-order chi connectivity index (χ0) is 31.2. The van der Waals surface area contributed by atoms with Crippen molar-refractivity contribution in [1.29, 1.82) is 0 Å². The van der Waals surface area contributed by atoms with Crippen LogP contribution in [0.1, 0.15) is 0 Å². The maximum Gasteiger partial charge on any atom is 0.164 e. The third-order valence-corrected chi connectivity index (χ3v) is 8.76. The molecule has 0 aliphatic rings. The molecular weight excluding hydrogens is 574 g/mol. The second-order valence-electron chi connectivity index (χ2n) is 11.7. The number of fused-ring (bicyclic) bond motifs is 5. The van der Waals surface area contributed by atoms with E-state index < -0.39 is 0 Å². The average molecular weight is 602 g/mol. The van der Waals surface area contributed by atoms with Gasteiger partial charge in [0, 0.05) is 32.8 Å². The smallest absolute Gasteiger partial charge is 0.164 e. The number of rotatable bonds is 5. The minimum Gasteiger partial charge on any atom is -0.455 e. The first-order valence-electron chi connectivity index (χ1n) is 15.7. The second-order valence-corrected chi connectivity index (χ2v) is 11.7. The summed E-state index contributed by atoms with van der Waals surface area (Å²) in [4.78, 5) is 15.1. The summed E-state index contributed by atoms with van der Waals surface area (Å²) in [5, 5.41) is 4.33. The minimum absolute atomic E-state index is 0.610. The first-order valence-corrected chi connectivity index (χ1v) is 15.7. The quantitative estimate of drug-likeness (QED) is 0.197. The fourth-order valence-electron chi connectivity index (χ4n) is 6.29. The van der Waals surface area contributed by atoms with Crippen molar-refractivity contribution in [2.75, 3.05) is 0 Å². The van der Waals surface area contributed by atoms with Crippen LogP contribution in [0, 0.1) is 0 Å². The molecule has 7 aromatic carbocycles. The molecule has 2 aromatic heterocycles. The number of aromatic nitrogens is 3. The highest BCUT2D eigenvalue weighted by Gasteiger charge is 2.15. The summed E-state index contributed by atoms with van der Waals surface area (Å²) in [6.07, 6.45) is 0. The van der Waals surface area contributed by atoms with Gasteiger partial charge in [0.25, 0.3) is 0 Å². The molecule has 0 aliphatic carbocycles. The highest BCUT2D eigenvalue weighted by Crippen LogP contribution is 2.36. The molecule has 0 atom stereocenters. The zero-order valence-corrected chi connectivity index (χ0v) is 25.3. The van der Waals surface area contributed by atoms with E-state index in [0.717, 1.165) is 60.5 Å². The highest BCUT2D eigenvalue weighted by atomic mass is 16.3. The van der Waals surface area contributed by atoms with E-state index >= 15 is 0 Å². The van der Waals surface area contributed by atoms with Crippen LogP contribution in [-0.4, -0.2) is 15.0 Å². The van der Waals surface area contributed by atoms with Crippen molar-refractivity contribution in [3.8, 4) is 56.4 Å². The Kier molecular flexibility index (Phi) is 6.43. The summed E-state index contributed by atoms with van der Waals surface area (Å²) in [7, 11) is 0. The van der Waals surface area contributed by atoms with Gasteiger partial charge in [-0.25, -0.2) is 15.0 Å². The molecule has 47 heavy (non-hydrogen) atoms. The number of furan rings is 1. The van der Waals surface area contributed by atoms with Crippen molar-refractivity contribution < 1.29 is 4.42 Å². The summed E-state index contributed by atoms with van der Waals surface area (Å²) in [6.45, 7) is 0. The summed E-state index contributed by atoms with van der Waals surface area (Å²) in [5.74, 6) is 1.86. The van der Waals surface area contributed by atoms with Crippen LogP contribution in [0.5, 0.6) is 0 Å². The number of benzene rings is 7. The van der Waals surface area contributed by atoms with Crippen LogP contribution in [0.4, 0.5) is 0 Å². The summed E-state index contributed by atoms with van der Waals surface area (Å²) in [5.41, 5.74) is 9.12. The molecule has 0 unspecified atom stereocenters. The molecule has 0 spiro atoms. The Hall–Kier alpha value is -6.39. The van der Waals surface area contributed by atoms with E-state index in [9.17, 15) is 0 Å². The third-order valence-electron chi connectivity index (χ3n) is 8.76. The van der Waals surface area contributed by atoms with Crippen molar-refractivity contribution >= 4 is 32.7 Å². The van der Waals surface area contributed by atoms with Gasteiger partial charge in [-0.15, -0.1) is 0 Å². The second kappa shape index (κ2) is 11.2. The SMILES string of the molecule is c1ccc(-c2ccc(-c3nc(-c4ccc(-c5ccccc5)cc4)nc(-c4ccc5ccc6c7ccccc7oc6c5c4)n3)cc2)cc1. The fourth-order valence-corrected chi connectivity index (χ4v) is 6.29. The van der Waals surface area contributed by atoms with Gasteiger partial charge in [0.05, 0.1) is 0 Å². The predicted octanol–water partition coefficient (Wildman–Crippen LogP) is 11.3. The van der Waals surface area contributed by atoms with Gasteiger partial charge in [-0.1, -0.05) is 146 Å². The summed E-state index contributed by atoms with van der Waals surface area (Å²) >= 11 is 0. The lowest BCUT2D eigenvalue weighted by Gasteiger charge is -2.10. The largest absolute Gasteiger partial charge is 0.455 e. The zero-order valence-electron chi connectivity index (χ0n) is 25.3. The van der Waals surface area contributed by atoms with Gasteiger partial charge in [-0.3, -0.25) is 0 Å². The van der Waals surface area contributed by atoms with E-state index in [1.54, 1.807) is 0 Å². The van der Waals surface area contributed by atoms with E-state index in [-0.39, 0.29) is 0 Å². The van der Waals surface area contributed by atoms with Crippen LogP contribution in [0.15, 0.2) is 168 Å². The van der Waals surface area contributed by atoms with Crippen LogP contribution in [-0.2, 0) is 0 Å². The lowest BCUT2D eigenvalue weighted by Crippen LogP contribution is -2.00. The van der Waals surface area contributed by atoms with Crippen LogP contribution in [0.25, 0.3) is 89.1 Å². The third kappa shape index (κ3) is 4.93. The standard InChI is InChI=1S/C43H27N3O/c1-3-9-28(10-4-1)30-15-20-33(21-16-30)41-44-42(34-22-17-31(18-23-34)29-11-5-2-6-12-29)46-43(45-41)35-24-19-32-25-26-37-36-13-7-8-14-39(36)47-40(37)38(32)27-35/h1-27H. The Morgan fingerprint density at radius 2 is 0.766 bits per heavy atom. The van der Waals surface area contributed by atoms with Crippen LogP contribution < -0.4 is 0 Å². The number of nitrogens with zero attached hydrogens (tertiary/aromatic N) is 3. The van der Waals surface area contributed by atoms with E-state index in [0.29, 0.717) is 17.5 Å². The molecule has 0 radical (unpaired) electrons. The highest BCUT2D eigenvalue weighted by molar-refractivity contribution is 6.15. The van der Waals surface area contributed by atoms with Gasteiger partial charge >= 0.3 is 0 Å². The molecule has 4 nitrogen and oxygen atoms in total. The lowest BCUT2D eigenvalue weighted by molar-refractivity contribution is 0.672. The first kappa shape index (κ1) is 27.0. The van der Waals surface area contributed by atoms with Crippen molar-refractivity contribution in [2.45, 2.75) is 0 Å². The molecule has 0 aliphatic heterocycles. The predicted molar refractivity (Wildman–Crippen MR) is 192 cm³/mol. The molecule has 0 N–H and O–H groups in total. The molecule has 220 valence electrons. The molecule has 9 rings (SSSR count). The van der Waals surface area contributed by atoms with Gasteiger partial charge in [-0.2, -0.15) is 0 Å². The van der Waals surface area contributed by atoms with Crippen molar-refractivity contribution in [2.24, 2.45) is 0 Å². The Balaban J connectivity index is 1.19. The van der Waals surface area contributed by atoms with Gasteiger partial charge in [-0.05, 0) is 45.8 Å². The van der Waals surface area contributed by atoms with Gasteiger partial charge in [0.2, 0.25) is 0 Å². The maximum absolute atomic E-state index is 6.38. The Morgan fingerprint density at radius 3 is 1.36 bits per heavy atom. The maximum atomic E-state index is 6.38. The lowest BCUT2D eigenvalue weighted by atomic mass is 10.0. The van der Waals surface area contributed by atoms with E-state index in [4.69, 9.17) is 19.4 Å². The molecule has 9 aromatic rings. The molecular formula is C43H27N3O. The van der Waals surface area contributed by atoms with E-state index in [2.05, 4.69) is 133 Å². The first-order chi connectivity index (χ1) is 23.3. The molecule has 2 heterocycles. The molecule has 0 bridgehead atoms. The number of hydrogen-bond donors (Lipinski definition) is 0. The van der Waals surface area contributed by atoms with Gasteiger partial charge < -0.3 is 4.42 Å². The monoisotopic (exact) mass is 601 g/mol. The van der Waals surface area contributed by atoms with E-state index in [1.165, 1.54) is 11.1 Å². The fraction of sp³-hybridized carbons (Fsp3) is 0. The van der Waals surface area contributed by atoms with E-state index in [1.807, 2.05) is 30.3 Å². The molecule has 0 amide bonds. The summed E-state index contributed by atoms with van der Waals surface area (Å²) < 4.78 is 6.38. The van der Waals surface area contributed by atoms with Crippen molar-refractivity contribution in [3.05, 3.63) is 164 Å². The molecule has 0 fully saturated rings. The average Bonchev–Trinajstić information content (AvgIpc) is 3.55. The summed E-state index contributed by atoms with van der Waals surface area (Å²) in [6, 6.07) is 56.4. The number of para-hydroxylation sites is 1. The van der Waals surface area contributed by atoms with Crippen LogP contribution in [0.2, 0.25) is 0 Å². The molecule has 0 saturated carbocycles. The molecule has 4 heteroatoms. The van der Waals surface area contributed by atoms with Gasteiger partial charge in [0.1, 0.15) is 11.2 Å². The van der Waals surface area contributed by atoms with Crippen molar-refractivity contribution in [1.82, 2.24) is 15.0 Å². The normalized spacial score (nSPS) is 11.4. The Morgan fingerprint density at radius 1 is 0.319 bits per heavy atom. The van der Waals surface area contributed by atoms with Crippen LogP contribution in [0.3, 0.4) is 0 Å². The Bertz CT molecular complexity index is 2440. The van der Waals surface area contributed by atoms with Crippen molar-refractivity contribution in [3.63, 3.8) is 0 Å². The topological polar surface area (TPSA) is 51.8 Å². The van der Waals surface area contributed by atoms with Gasteiger partial charge in [0.15, 0.2) is 17.5 Å². The number of hydrogen-bond acceptors (Lipinski definition) is 4.